The third kappa shape index (κ3) is 2.38. The van der Waals surface area contributed by atoms with Gasteiger partial charge in [0.1, 0.15) is 5.75 Å². The highest BCUT2D eigenvalue weighted by Crippen LogP contribution is 2.38. The Morgan fingerprint density at radius 3 is 2.75 bits per heavy atom. The molecule has 3 rings (SSSR count). The molecule has 104 valence electrons. The van der Waals surface area contributed by atoms with E-state index in [1.165, 1.54) is 11.1 Å². The van der Waals surface area contributed by atoms with Crippen molar-refractivity contribution in [1.82, 2.24) is 0 Å². The highest BCUT2D eigenvalue weighted by atomic mass is 16.3. The van der Waals surface area contributed by atoms with Crippen molar-refractivity contribution in [2.45, 2.75) is 38.6 Å². The van der Waals surface area contributed by atoms with Crippen LogP contribution in [0.2, 0.25) is 0 Å². The normalized spacial score (nSPS) is 17.2. The number of phenolic OH excluding ortho intramolecular Hbond substituents is 1. The van der Waals surface area contributed by atoms with Crippen LogP contribution in [0, 0.1) is 0 Å². The maximum atomic E-state index is 9.90. The van der Waals surface area contributed by atoms with E-state index in [-0.39, 0.29) is 0 Å². The predicted molar refractivity (Wildman–Crippen MR) is 83.3 cm³/mol. The van der Waals surface area contributed by atoms with Gasteiger partial charge in [-0.3, -0.25) is 0 Å². The van der Waals surface area contributed by atoms with Crippen LogP contribution in [0.4, 0.5) is 5.69 Å². The van der Waals surface area contributed by atoms with Gasteiger partial charge in [0.25, 0.3) is 0 Å². The summed E-state index contributed by atoms with van der Waals surface area (Å²) in [6.07, 6.45) is 1.99. The summed E-state index contributed by atoms with van der Waals surface area (Å²) in [5.41, 5.74) is 4.85. The number of benzene rings is 2. The predicted octanol–water partition coefficient (Wildman–Crippen LogP) is 4.62. The summed E-state index contributed by atoms with van der Waals surface area (Å²) in [7, 11) is 0. The summed E-state index contributed by atoms with van der Waals surface area (Å²) in [6.45, 7) is 4.42. The maximum Gasteiger partial charge on any atom is 0.119 e. The van der Waals surface area contributed by atoms with Crippen molar-refractivity contribution in [1.29, 1.82) is 0 Å². The summed E-state index contributed by atoms with van der Waals surface area (Å²) in [5.74, 6) is 0.972. The average Bonchev–Trinajstić information content (AvgIpc) is 2.84. The van der Waals surface area contributed by atoms with Crippen molar-refractivity contribution >= 4 is 5.69 Å². The second kappa shape index (κ2) is 5.20. The van der Waals surface area contributed by atoms with Crippen LogP contribution in [0.5, 0.6) is 5.75 Å². The molecule has 1 aliphatic carbocycles. The molecule has 0 saturated heterocycles. The summed E-state index contributed by atoms with van der Waals surface area (Å²) >= 11 is 0. The first-order valence-electron chi connectivity index (χ1n) is 7.32. The molecule has 0 fully saturated rings. The molecule has 0 radical (unpaired) electrons. The van der Waals surface area contributed by atoms with Crippen LogP contribution >= 0.6 is 0 Å². The smallest absolute Gasteiger partial charge is 0.119 e. The number of fused-ring (bicyclic) bond motifs is 1. The van der Waals surface area contributed by atoms with Crippen molar-refractivity contribution in [3.63, 3.8) is 0 Å². The minimum Gasteiger partial charge on any atom is -0.508 e. The number of hydrogen-bond donors (Lipinski definition) is 2. The van der Waals surface area contributed by atoms with Gasteiger partial charge in [0.15, 0.2) is 0 Å². The Morgan fingerprint density at radius 1 is 1.15 bits per heavy atom. The van der Waals surface area contributed by atoms with Crippen LogP contribution in [0.15, 0.2) is 42.5 Å². The fourth-order valence-corrected chi connectivity index (χ4v) is 2.97. The molecule has 2 N–H and O–H groups in total. The van der Waals surface area contributed by atoms with Gasteiger partial charge >= 0.3 is 0 Å². The maximum absolute atomic E-state index is 9.90. The molecule has 0 amide bonds. The van der Waals surface area contributed by atoms with E-state index in [0.717, 1.165) is 24.1 Å². The molecule has 20 heavy (non-hydrogen) atoms. The molecule has 0 heterocycles. The highest BCUT2D eigenvalue weighted by Gasteiger charge is 2.24. The van der Waals surface area contributed by atoms with Crippen molar-refractivity contribution in [2.24, 2.45) is 0 Å². The molecule has 2 heteroatoms. The topological polar surface area (TPSA) is 32.3 Å². The van der Waals surface area contributed by atoms with Crippen LogP contribution in [0.1, 0.15) is 48.9 Å². The zero-order valence-corrected chi connectivity index (χ0v) is 12.1. The highest BCUT2D eigenvalue weighted by molar-refractivity contribution is 5.52. The zero-order chi connectivity index (χ0) is 14.1. The quantitative estimate of drug-likeness (QED) is 0.850. The number of nitrogens with one attached hydrogen (secondary N) is 1. The molecule has 2 aromatic carbocycles. The molecule has 0 aliphatic heterocycles. The van der Waals surface area contributed by atoms with Crippen molar-refractivity contribution in [2.75, 3.05) is 5.32 Å². The molecule has 2 aromatic rings. The van der Waals surface area contributed by atoms with E-state index in [2.05, 4.69) is 49.5 Å². The monoisotopic (exact) mass is 267 g/mol. The fraction of sp³-hybridized carbons (Fsp3) is 0.333. The van der Waals surface area contributed by atoms with Gasteiger partial charge < -0.3 is 10.4 Å². The Labute approximate surface area is 120 Å². The molecular weight excluding hydrogens is 246 g/mol. The third-order valence-electron chi connectivity index (χ3n) is 4.14. The van der Waals surface area contributed by atoms with Crippen LogP contribution in [-0.4, -0.2) is 5.11 Å². The number of aromatic hydroxyl groups is 1. The minimum absolute atomic E-state index is 0.305. The van der Waals surface area contributed by atoms with E-state index >= 15 is 0 Å². The summed E-state index contributed by atoms with van der Waals surface area (Å²) in [5, 5.41) is 13.5. The molecular formula is C18H21NO. The zero-order valence-electron chi connectivity index (χ0n) is 12.1. The Hall–Kier alpha value is -1.96. The Kier molecular flexibility index (Phi) is 3.39. The lowest BCUT2D eigenvalue weighted by atomic mass is 10.0. The van der Waals surface area contributed by atoms with Crippen molar-refractivity contribution in [3.05, 3.63) is 59.2 Å². The van der Waals surface area contributed by atoms with Gasteiger partial charge in [0.2, 0.25) is 0 Å². The van der Waals surface area contributed by atoms with Crippen LogP contribution < -0.4 is 5.32 Å². The van der Waals surface area contributed by atoms with Gasteiger partial charge in [0, 0.05) is 5.69 Å². The lowest BCUT2D eigenvalue weighted by molar-refractivity contribution is 0.469. The Bertz CT molecular complexity index is 619. The van der Waals surface area contributed by atoms with Crippen LogP contribution in [0.3, 0.4) is 0 Å². The van der Waals surface area contributed by atoms with Gasteiger partial charge in [-0.25, -0.2) is 0 Å². The average molecular weight is 267 g/mol. The van der Waals surface area contributed by atoms with E-state index in [0.29, 0.717) is 17.7 Å². The van der Waals surface area contributed by atoms with E-state index in [1.807, 2.05) is 6.07 Å². The number of anilines is 1. The van der Waals surface area contributed by atoms with Crippen molar-refractivity contribution < 1.29 is 5.11 Å². The van der Waals surface area contributed by atoms with Gasteiger partial charge in [-0.05, 0) is 53.6 Å². The molecule has 0 spiro atoms. The van der Waals surface area contributed by atoms with Crippen LogP contribution in [-0.2, 0) is 6.42 Å². The molecule has 0 bridgehead atoms. The second-order valence-corrected chi connectivity index (χ2v) is 5.86. The molecule has 1 atom stereocenters. The first kappa shape index (κ1) is 13.0. The number of rotatable bonds is 3. The largest absolute Gasteiger partial charge is 0.508 e. The second-order valence-electron chi connectivity index (χ2n) is 5.86. The molecule has 1 aliphatic rings. The summed E-state index contributed by atoms with van der Waals surface area (Å²) in [6, 6.07) is 14.8. The van der Waals surface area contributed by atoms with Gasteiger partial charge in [-0.1, -0.05) is 38.1 Å². The first-order chi connectivity index (χ1) is 9.65. The van der Waals surface area contributed by atoms with Crippen molar-refractivity contribution in [3.8, 4) is 5.75 Å². The van der Waals surface area contributed by atoms with Gasteiger partial charge in [-0.2, -0.15) is 0 Å². The van der Waals surface area contributed by atoms with Crippen LogP contribution in [0.25, 0.3) is 0 Å². The Morgan fingerprint density at radius 2 is 1.95 bits per heavy atom. The molecule has 1 unspecified atom stereocenters. The van der Waals surface area contributed by atoms with Gasteiger partial charge in [0.05, 0.1) is 6.04 Å². The fourth-order valence-electron chi connectivity index (χ4n) is 2.97. The molecule has 0 saturated carbocycles. The molecule has 0 aromatic heterocycles. The summed E-state index contributed by atoms with van der Waals surface area (Å²) < 4.78 is 0. The lowest BCUT2D eigenvalue weighted by Crippen LogP contribution is -2.07. The first-order valence-corrected chi connectivity index (χ1v) is 7.32. The molecule has 2 nitrogen and oxygen atoms in total. The SMILES string of the molecule is CC(C)c1cccc(NC2CCc3c(O)cccc32)c1. The third-order valence-corrected chi connectivity index (χ3v) is 4.14. The summed E-state index contributed by atoms with van der Waals surface area (Å²) in [4.78, 5) is 0. The number of phenols is 1. The lowest BCUT2D eigenvalue weighted by Gasteiger charge is -2.17. The van der Waals surface area contributed by atoms with E-state index in [4.69, 9.17) is 0 Å². The van der Waals surface area contributed by atoms with E-state index in [9.17, 15) is 5.11 Å². The minimum atomic E-state index is 0.305. The van der Waals surface area contributed by atoms with E-state index in [1.54, 1.807) is 6.07 Å². The Balaban J connectivity index is 1.84. The van der Waals surface area contributed by atoms with E-state index < -0.39 is 0 Å². The number of hydrogen-bond acceptors (Lipinski definition) is 2. The standard InChI is InChI=1S/C18H21NO/c1-12(2)13-5-3-6-14(11-13)19-17-10-9-16-15(17)7-4-8-18(16)20/h3-8,11-12,17,19-20H,9-10H2,1-2H3. The van der Waals surface area contributed by atoms with Gasteiger partial charge in [-0.15, -0.1) is 0 Å².